The Morgan fingerprint density at radius 2 is 1.91 bits per heavy atom. The zero-order valence-electron chi connectivity index (χ0n) is 12.6. The number of nitrogens with one attached hydrogen (secondary N) is 2. The Balaban J connectivity index is 1.73. The molecule has 1 atom stereocenters. The number of carbonyl (C=O) groups is 1. The number of carbonyl (C=O) groups excluding carboxylic acids is 1. The summed E-state index contributed by atoms with van der Waals surface area (Å²) in [6.07, 6.45) is 0. The number of halogens is 1. The molecule has 116 valence electrons. The van der Waals surface area contributed by atoms with Crippen molar-refractivity contribution in [3.63, 3.8) is 0 Å². The lowest BCUT2D eigenvalue weighted by Crippen LogP contribution is -2.26. The maximum Gasteiger partial charge on any atom is 0.269 e. The van der Waals surface area contributed by atoms with Gasteiger partial charge < -0.3 is 5.32 Å². The fraction of sp³-hybridized carbons (Fsp3) is 0.111. The minimum Gasteiger partial charge on any atom is -0.344 e. The third kappa shape index (κ3) is 3.60. The molecule has 1 aromatic heterocycles. The van der Waals surface area contributed by atoms with Crippen LogP contribution in [0.3, 0.4) is 0 Å². The predicted octanol–water partition coefficient (Wildman–Crippen LogP) is 4.22. The first-order chi connectivity index (χ1) is 11.1. The van der Waals surface area contributed by atoms with Gasteiger partial charge in [0.25, 0.3) is 5.91 Å². The van der Waals surface area contributed by atoms with E-state index < -0.39 is 0 Å². The van der Waals surface area contributed by atoms with E-state index in [2.05, 4.69) is 15.5 Å². The summed E-state index contributed by atoms with van der Waals surface area (Å²) in [4.78, 5) is 12.3. The van der Waals surface area contributed by atoms with Crippen LogP contribution in [0, 0.1) is 0 Å². The second kappa shape index (κ2) is 6.67. The molecule has 5 heteroatoms. The molecule has 0 spiro atoms. The lowest BCUT2D eigenvalue weighted by Gasteiger charge is -2.13. The lowest BCUT2D eigenvalue weighted by molar-refractivity contribution is 0.0935. The van der Waals surface area contributed by atoms with Gasteiger partial charge in [-0.25, -0.2) is 0 Å². The van der Waals surface area contributed by atoms with Crippen molar-refractivity contribution in [3.05, 3.63) is 76.9 Å². The molecule has 0 bridgehead atoms. The van der Waals surface area contributed by atoms with Crippen molar-refractivity contribution in [1.82, 2.24) is 15.5 Å². The van der Waals surface area contributed by atoms with Crippen LogP contribution in [0.4, 0.5) is 0 Å². The van der Waals surface area contributed by atoms with Gasteiger partial charge in [0.05, 0.1) is 11.7 Å². The van der Waals surface area contributed by atoms with Crippen molar-refractivity contribution in [3.8, 4) is 11.3 Å². The summed E-state index contributed by atoms with van der Waals surface area (Å²) in [6, 6.07) is 18.8. The molecule has 1 amide bonds. The maximum atomic E-state index is 12.3. The second-order valence-corrected chi connectivity index (χ2v) is 5.72. The fourth-order valence-corrected chi connectivity index (χ4v) is 2.53. The maximum absolute atomic E-state index is 12.3. The molecule has 4 nitrogen and oxygen atoms in total. The van der Waals surface area contributed by atoms with Crippen LogP contribution < -0.4 is 5.32 Å². The SMILES string of the molecule is C[C@H](NC(=O)c1cc(-c2ccccc2)n[nH]1)c1cccc(Cl)c1. The Hall–Kier alpha value is -2.59. The van der Waals surface area contributed by atoms with E-state index in [4.69, 9.17) is 11.6 Å². The van der Waals surface area contributed by atoms with Crippen LogP contribution in [0.15, 0.2) is 60.7 Å². The summed E-state index contributed by atoms with van der Waals surface area (Å²) in [6.45, 7) is 1.91. The van der Waals surface area contributed by atoms with Gasteiger partial charge >= 0.3 is 0 Å². The first-order valence-corrected chi connectivity index (χ1v) is 7.68. The molecule has 0 saturated carbocycles. The summed E-state index contributed by atoms with van der Waals surface area (Å²) < 4.78 is 0. The third-order valence-corrected chi connectivity index (χ3v) is 3.82. The van der Waals surface area contributed by atoms with E-state index >= 15 is 0 Å². The number of H-pyrrole nitrogens is 1. The third-order valence-electron chi connectivity index (χ3n) is 3.59. The van der Waals surface area contributed by atoms with Crippen LogP contribution in [0.2, 0.25) is 5.02 Å². The predicted molar refractivity (Wildman–Crippen MR) is 91.4 cm³/mol. The first-order valence-electron chi connectivity index (χ1n) is 7.30. The molecule has 23 heavy (non-hydrogen) atoms. The van der Waals surface area contributed by atoms with Crippen LogP contribution in [-0.4, -0.2) is 16.1 Å². The van der Waals surface area contributed by atoms with Crippen LogP contribution >= 0.6 is 11.6 Å². The summed E-state index contributed by atoms with van der Waals surface area (Å²) >= 11 is 5.98. The van der Waals surface area contributed by atoms with Gasteiger partial charge in [0, 0.05) is 10.6 Å². The Morgan fingerprint density at radius 1 is 1.13 bits per heavy atom. The molecular weight excluding hydrogens is 310 g/mol. The molecule has 2 N–H and O–H groups in total. The summed E-state index contributed by atoms with van der Waals surface area (Å²) in [5.74, 6) is -0.202. The average molecular weight is 326 g/mol. The highest BCUT2D eigenvalue weighted by molar-refractivity contribution is 6.30. The van der Waals surface area contributed by atoms with Crippen LogP contribution in [-0.2, 0) is 0 Å². The van der Waals surface area contributed by atoms with E-state index in [0.29, 0.717) is 10.7 Å². The number of rotatable bonds is 4. The highest BCUT2D eigenvalue weighted by atomic mass is 35.5. The second-order valence-electron chi connectivity index (χ2n) is 5.28. The lowest BCUT2D eigenvalue weighted by atomic mass is 10.1. The van der Waals surface area contributed by atoms with Crippen molar-refractivity contribution >= 4 is 17.5 Å². The van der Waals surface area contributed by atoms with Gasteiger partial charge in [0.1, 0.15) is 5.69 Å². The highest BCUT2D eigenvalue weighted by Gasteiger charge is 2.14. The van der Waals surface area contributed by atoms with E-state index in [-0.39, 0.29) is 11.9 Å². The van der Waals surface area contributed by atoms with Crippen molar-refractivity contribution in [2.45, 2.75) is 13.0 Å². The quantitative estimate of drug-likeness (QED) is 0.754. The van der Waals surface area contributed by atoms with E-state index in [0.717, 1.165) is 16.8 Å². The minimum absolute atomic E-state index is 0.148. The molecule has 2 aromatic carbocycles. The molecule has 3 aromatic rings. The van der Waals surface area contributed by atoms with Crippen molar-refractivity contribution in [2.75, 3.05) is 0 Å². The first kappa shape index (κ1) is 15.3. The molecule has 0 saturated heterocycles. The summed E-state index contributed by atoms with van der Waals surface area (Å²) in [5, 5.41) is 10.6. The topological polar surface area (TPSA) is 57.8 Å². The number of aromatic amines is 1. The Bertz CT molecular complexity index is 814. The van der Waals surface area contributed by atoms with Gasteiger partial charge in [-0.05, 0) is 30.7 Å². The smallest absolute Gasteiger partial charge is 0.269 e. The van der Waals surface area contributed by atoms with Crippen LogP contribution in [0.25, 0.3) is 11.3 Å². The van der Waals surface area contributed by atoms with Crippen molar-refractivity contribution in [1.29, 1.82) is 0 Å². The molecule has 0 unspecified atom stereocenters. The molecule has 3 rings (SSSR count). The van der Waals surface area contributed by atoms with E-state index in [1.54, 1.807) is 12.1 Å². The van der Waals surface area contributed by atoms with Gasteiger partial charge in [0.2, 0.25) is 0 Å². The number of aromatic nitrogens is 2. The van der Waals surface area contributed by atoms with Gasteiger partial charge in [0.15, 0.2) is 0 Å². The minimum atomic E-state index is -0.202. The van der Waals surface area contributed by atoms with E-state index in [9.17, 15) is 4.79 Å². The number of hydrogen-bond acceptors (Lipinski definition) is 2. The van der Waals surface area contributed by atoms with Gasteiger partial charge in [-0.3, -0.25) is 9.89 Å². The van der Waals surface area contributed by atoms with E-state index in [1.165, 1.54) is 0 Å². The Labute approximate surface area is 139 Å². The molecular formula is C18H16ClN3O. The number of amides is 1. The van der Waals surface area contributed by atoms with Gasteiger partial charge in [-0.2, -0.15) is 5.10 Å². The average Bonchev–Trinajstić information content (AvgIpc) is 3.06. The standard InChI is InChI=1S/C18H16ClN3O/c1-12(14-8-5-9-15(19)10-14)20-18(23)17-11-16(21-22-17)13-6-3-2-4-7-13/h2-12H,1H3,(H,20,23)(H,21,22)/t12-/m0/s1. The van der Waals surface area contributed by atoms with Crippen molar-refractivity contribution < 1.29 is 4.79 Å². The molecule has 0 aliphatic carbocycles. The van der Waals surface area contributed by atoms with Crippen molar-refractivity contribution in [2.24, 2.45) is 0 Å². The molecule has 1 heterocycles. The van der Waals surface area contributed by atoms with Crippen LogP contribution in [0.5, 0.6) is 0 Å². The summed E-state index contributed by atoms with van der Waals surface area (Å²) in [5.41, 5.74) is 3.09. The molecule has 0 fully saturated rings. The zero-order chi connectivity index (χ0) is 16.2. The number of nitrogens with zero attached hydrogens (tertiary/aromatic N) is 1. The molecule has 0 aliphatic rings. The normalized spacial score (nSPS) is 11.9. The Kier molecular flexibility index (Phi) is 4.44. The van der Waals surface area contributed by atoms with Gasteiger partial charge in [-0.1, -0.05) is 54.1 Å². The van der Waals surface area contributed by atoms with Gasteiger partial charge in [-0.15, -0.1) is 0 Å². The monoisotopic (exact) mass is 325 g/mol. The fourth-order valence-electron chi connectivity index (χ4n) is 2.33. The van der Waals surface area contributed by atoms with E-state index in [1.807, 2.05) is 55.5 Å². The largest absolute Gasteiger partial charge is 0.344 e. The highest BCUT2D eigenvalue weighted by Crippen LogP contribution is 2.19. The summed E-state index contributed by atoms with van der Waals surface area (Å²) in [7, 11) is 0. The zero-order valence-corrected chi connectivity index (χ0v) is 13.3. The van der Waals surface area contributed by atoms with Crippen LogP contribution in [0.1, 0.15) is 29.0 Å². The molecule has 0 radical (unpaired) electrons. The molecule has 0 aliphatic heterocycles. The number of benzene rings is 2. The Morgan fingerprint density at radius 3 is 2.65 bits per heavy atom. The number of hydrogen-bond donors (Lipinski definition) is 2.